The number of ether oxygens (including phenoxy) is 1. The Morgan fingerprint density at radius 3 is 2.94 bits per heavy atom. The summed E-state index contributed by atoms with van der Waals surface area (Å²) in [6, 6.07) is 3.69. The molecule has 1 saturated heterocycles. The average Bonchev–Trinajstić information content (AvgIpc) is 2.31. The van der Waals surface area contributed by atoms with Crippen LogP contribution in [0.2, 0.25) is 0 Å². The van der Waals surface area contributed by atoms with Crippen LogP contribution >= 0.6 is 0 Å². The maximum absolute atomic E-state index is 12.1. The lowest BCUT2D eigenvalue weighted by Gasteiger charge is -2.21. The number of hydrogen-bond donors (Lipinski definition) is 0. The first kappa shape index (κ1) is 11.3. The van der Waals surface area contributed by atoms with Crippen LogP contribution in [0.5, 0.6) is 0 Å². The normalized spacial score (nSPS) is 17.3. The molecule has 0 aromatic carbocycles. The van der Waals surface area contributed by atoms with Crippen molar-refractivity contribution in [2.75, 3.05) is 13.2 Å². The number of carbonyl (C=O) groups is 1. The van der Waals surface area contributed by atoms with Crippen LogP contribution in [-0.2, 0) is 4.74 Å². The number of hydrogen-bond acceptors (Lipinski definition) is 3. The summed E-state index contributed by atoms with van der Waals surface area (Å²) in [5.74, 6) is 0.707. The van der Waals surface area contributed by atoms with Crippen LogP contribution in [0.1, 0.15) is 35.3 Å². The molecule has 0 aliphatic carbocycles. The zero-order valence-electron chi connectivity index (χ0n) is 9.61. The van der Waals surface area contributed by atoms with Crippen LogP contribution in [0.15, 0.2) is 18.3 Å². The summed E-state index contributed by atoms with van der Waals surface area (Å²) in [6.45, 7) is 3.48. The van der Waals surface area contributed by atoms with Gasteiger partial charge in [0.05, 0.1) is 0 Å². The molecule has 2 heterocycles. The highest BCUT2D eigenvalue weighted by Crippen LogP contribution is 2.21. The fourth-order valence-corrected chi connectivity index (χ4v) is 2.10. The molecule has 1 aromatic rings. The van der Waals surface area contributed by atoms with E-state index in [4.69, 9.17) is 4.74 Å². The predicted molar refractivity (Wildman–Crippen MR) is 61.5 cm³/mol. The lowest BCUT2D eigenvalue weighted by atomic mass is 9.92. The summed E-state index contributed by atoms with van der Waals surface area (Å²) in [7, 11) is 0. The van der Waals surface area contributed by atoms with Crippen LogP contribution in [0, 0.1) is 12.8 Å². The molecule has 3 nitrogen and oxygen atoms in total. The lowest BCUT2D eigenvalue weighted by Crippen LogP contribution is -2.19. The summed E-state index contributed by atoms with van der Waals surface area (Å²) in [5, 5.41) is 0. The highest BCUT2D eigenvalue weighted by Gasteiger charge is 2.19. The highest BCUT2D eigenvalue weighted by atomic mass is 16.5. The fourth-order valence-electron chi connectivity index (χ4n) is 2.10. The number of carbonyl (C=O) groups excluding carboxylic acids is 1. The van der Waals surface area contributed by atoms with E-state index >= 15 is 0 Å². The second kappa shape index (κ2) is 5.21. The van der Waals surface area contributed by atoms with Gasteiger partial charge in [-0.25, -0.2) is 0 Å². The maximum Gasteiger partial charge on any atom is 0.164 e. The lowest BCUT2D eigenvalue weighted by molar-refractivity contribution is 0.0601. The first-order valence-corrected chi connectivity index (χ1v) is 5.80. The van der Waals surface area contributed by atoms with Crippen molar-refractivity contribution in [3.63, 3.8) is 0 Å². The van der Waals surface area contributed by atoms with E-state index in [1.54, 1.807) is 6.20 Å². The van der Waals surface area contributed by atoms with Gasteiger partial charge in [0.25, 0.3) is 0 Å². The van der Waals surface area contributed by atoms with Crippen LogP contribution in [0.4, 0.5) is 0 Å². The smallest absolute Gasteiger partial charge is 0.164 e. The number of aromatic nitrogens is 1. The van der Waals surface area contributed by atoms with Crippen molar-refractivity contribution in [2.24, 2.45) is 5.92 Å². The third-order valence-electron chi connectivity index (χ3n) is 3.12. The predicted octanol–water partition coefficient (Wildman–Crippen LogP) is 2.39. The second-order valence-corrected chi connectivity index (χ2v) is 4.32. The zero-order valence-corrected chi connectivity index (χ0v) is 9.61. The molecule has 0 saturated carbocycles. The van der Waals surface area contributed by atoms with Crippen LogP contribution in [-0.4, -0.2) is 24.0 Å². The van der Waals surface area contributed by atoms with Crippen LogP contribution in [0.25, 0.3) is 0 Å². The Hall–Kier alpha value is -1.22. The number of nitrogens with zero attached hydrogens (tertiary/aromatic N) is 1. The molecular formula is C13H17NO2. The fraction of sp³-hybridized carbons (Fsp3) is 0.538. The Bertz CT molecular complexity index is 370. The molecule has 3 heteroatoms. The molecule has 16 heavy (non-hydrogen) atoms. The Balaban J connectivity index is 2.00. The second-order valence-electron chi connectivity index (χ2n) is 4.32. The first-order valence-electron chi connectivity index (χ1n) is 5.80. The Morgan fingerprint density at radius 1 is 1.50 bits per heavy atom. The topological polar surface area (TPSA) is 39.2 Å². The first-order chi connectivity index (χ1) is 7.77. The van der Waals surface area contributed by atoms with Crippen molar-refractivity contribution in [3.05, 3.63) is 29.6 Å². The number of pyridine rings is 1. The van der Waals surface area contributed by atoms with Crippen molar-refractivity contribution in [1.82, 2.24) is 4.98 Å². The van der Waals surface area contributed by atoms with Gasteiger partial charge < -0.3 is 4.74 Å². The molecule has 1 fully saturated rings. The van der Waals surface area contributed by atoms with Gasteiger partial charge in [-0.1, -0.05) is 0 Å². The monoisotopic (exact) mass is 219 g/mol. The molecule has 2 rings (SSSR count). The van der Waals surface area contributed by atoms with Gasteiger partial charge in [0.15, 0.2) is 5.78 Å². The summed E-state index contributed by atoms with van der Waals surface area (Å²) >= 11 is 0. The van der Waals surface area contributed by atoms with Gasteiger partial charge in [-0.15, -0.1) is 0 Å². The van der Waals surface area contributed by atoms with E-state index in [1.807, 2.05) is 19.1 Å². The minimum Gasteiger partial charge on any atom is -0.381 e. The number of rotatable bonds is 3. The van der Waals surface area contributed by atoms with Crippen LogP contribution < -0.4 is 0 Å². The molecule has 0 atom stereocenters. The van der Waals surface area contributed by atoms with Gasteiger partial charge in [-0.05, 0) is 37.8 Å². The molecule has 0 N–H and O–H groups in total. The summed E-state index contributed by atoms with van der Waals surface area (Å²) in [6.07, 6.45) is 4.37. The van der Waals surface area contributed by atoms with Crippen molar-refractivity contribution >= 4 is 5.78 Å². The van der Waals surface area contributed by atoms with Crippen molar-refractivity contribution < 1.29 is 9.53 Å². The highest BCUT2D eigenvalue weighted by molar-refractivity contribution is 5.97. The van der Waals surface area contributed by atoms with E-state index in [9.17, 15) is 4.79 Å². The maximum atomic E-state index is 12.1. The SMILES string of the molecule is Cc1ncccc1C(=O)CC1CCOCC1. The minimum atomic E-state index is 0.220. The van der Waals surface area contributed by atoms with Gasteiger partial charge in [0.1, 0.15) is 0 Å². The molecule has 86 valence electrons. The standard InChI is InChI=1S/C13H17NO2/c1-10-12(3-2-6-14-10)13(15)9-11-4-7-16-8-5-11/h2-3,6,11H,4-5,7-9H2,1H3. The quantitative estimate of drug-likeness (QED) is 0.733. The van der Waals surface area contributed by atoms with Crippen molar-refractivity contribution in [1.29, 1.82) is 0 Å². The molecule has 1 aliphatic rings. The largest absolute Gasteiger partial charge is 0.381 e. The molecule has 0 unspecified atom stereocenters. The van der Waals surface area contributed by atoms with Gasteiger partial charge in [-0.3, -0.25) is 9.78 Å². The van der Waals surface area contributed by atoms with E-state index in [0.29, 0.717) is 12.3 Å². The molecule has 1 aliphatic heterocycles. The summed E-state index contributed by atoms with van der Waals surface area (Å²) < 4.78 is 5.29. The third-order valence-corrected chi connectivity index (χ3v) is 3.12. The molecule has 0 amide bonds. The van der Waals surface area contributed by atoms with Gasteiger partial charge in [-0.2, -0.15) is 0 Å². The van der Waals surface area contributed by atoms with Gasteiger partial charge >= 0.3 is 0 Å². The van der Waals surface area contributed by atoms with Crippen LogP contribution in [0.3, 0.4) is 0 Å². The Kier molecular flexibility index (Phi) is 3.67. The molecule has 0 radical (unpaired) electrons. The minimum absolute atomic E-state index is 0.220. The summed E-state index contributed by atoms with van der Waals surface area (Å²) in [4.78, 5) is 16.2. The average molecular weight is 219 g/mol. The van der Waals surface area contributed by atoms with E-state index in [1.165, 1.54) is 0 Å². The van der Waals surface area contributed by atoms with Gasteiger partial charge in [0, 0.05) is 37.1 Å². The van der Waals surface area contributed by atoms with E-state index in [2.05, 4.69) is 4.98 Å². The van der Waals surface area contributed by atoms with Gasteiger partial charge in [0.2, 0.25) is 0 Å². The number of Topliss-reactive ketones (excluding diaryl/α,β-unsaturated/α-hetero) is 1. The number of aryl methyl sites for hydroxylation is 1. The zero-order chi connectivity index (χ0) is 11.4. The van der Waals surface area contributed by atoms with E-state index < -0.39 is 0 Å². The third kappa shape index (κ3) is 2.67. The number of ketones is 1. The van der Waals surface area contributed by atoms with E-state index in [-0.39, 0.29) is 5.78 Å². The molecule has 1 aromatic heterocycles. The summed E-state index contributed by atoms with van der Waals surface area (Å²) in [5.41, 5.74) is 1.61. The molecular weight excluding hydrogens is 202 g/mol. The van der Waals surface area contributed by atoms with Crippen molar-refractivity contribution in [3.8, 4) is 0 Å². The molecule has 0 bridgehead atoms. The Morgan fingerprint density at radius 2 is 2.25 bits per heavy atom. The molecule has 0 spiro atoms. The van der Waals surface area contributed by atoms with Crippen molar-refractivity contribution in [2.45, 2.75) is 26.2 Å². The van der Waals surface area contributed by atoms with E-state index in [0.717, 1.165) is 37.3 Å². The Labute approximate surface area is 95.8 Å².